The average molecular weight is 323 g/mol. The summed E-state index contributed by atoms with van der Waals surface area (Å²) in [5.41, 5.74) is 5.94. The first-order valence-electron chi connectivity index (χ1n) is 7.56. The van der Waals surface area contributed by atoms with Crippen molar-refractivity contribution < 1.29 is 14.7 Å². The van der Waals surface area contributed by atoms with Crippen LogP contribution in [0.2, 0.25) is 0 Å². The molecule has 24 heavy (non-hydrogen) atoms. The summed E-state index contributed by atoms with van der Waals surface area (Å²) in [7, 11) is 0. The molecule has 0 fully saturated rings. The maximum absolute atomic E-state index is 11.9. The maximum Gasteiger partial charge on any atom is 0.335 e. The highest BCUT2D eigenvalue weighted by Gasteiger charge is 2.19. The third kappa shape index (κ3) is 3.85. The number of rotatable bonds is 5. The van der Waals surface area contributed by atoms with E-state index in [0.717, 1.165) is 13.1 Å². The van der Waals surface area contributed by atoms with E-state index in [1.165, 1.54) is 29.5 Å². The van der Waals surface area contributed by atoms with Crippen molar-refractivity contribution in [2.75, 3.05) is 6.54 Å². The molecular weight excluding hydrogens is 306 g/mol. The molecular formula is C18H17N3O3. The lowest BCUT2D eigenvalue weighted by atomic mass is 10.1. The Morgan fingerprint density at radius 3 is 2.29 bits per heavy atom. The first-order chi connectivity index (χ1) is 11.6. The highest BCUT2D eigenvalue weighted by Crippen LogP contribution is 2.21. The predicted octanol–water partition coefficient (Wildman–Crippen LogP) is 1.85. The zero-order valence-electron chi connectivity index (χ0n) is 13.0. The molecule has 0 aliphatic carbocycles. The number of hydrogen-bond donors (Lipinski definition) is 2. The van der Waals surface area contributed by atoms with Crippen LogP contribution in [0.25, 0.3) is 0 Å². The van der Waals surface area contributed by atoms with Gasteiger partial charge in [-0.15, -0.1) is 0 Å². The van der Waals surface area contributed by atoms with E-state index in [4.69, 9.17) is 5.11 Å². The van der Waals surface area contributed by atoms with Crippen LogP contribution in [0.1, 0.15) is 27.0 Å². The molecule has 0 unspecified atom stereocenters. The van der Waals surface area contributed by atoms with E-state index >= 15 is 0 Å². The van der Waals surface area contributed by atoms with Crippen molar-refractivity contribution in [3.63, 3.8) is 0 Å². The van der Waals surface area contributed by atoms with Crippen molar-refractivity contribution in [2.45, 2.75) is 13.1 Å². The predicted molar refractivity (Wildman–Crippen MR) is 89.7 cm³/mol. The summed E-state index contributed by atoms with van der Waals surface area (Å²) < 4.78 is 0. The van der Waals surface area contributed by atoms with Gasteiger partial charge in [0.2, 0.25) is 0 Å². The standard InChI is InChI=1S/C18H17N3O3/c22-17(12-21-10-15-3-1-2-4-16(15)11-21)20-19-9-13-5-7-14(8-6-13)18(23)24/h1-9H,10-12H2,(H,20,22)(H,23,24)/b19-9-. The molecule has 6 nitrogen and oxygen atoms in total. The second-order valence-corrected chi connectivity index (χ2v) is 5.63. The van der Waals surface area contributed by atoms with E-state index in [-0.39, 0.29) is 18.0 Å². The number of carbonyl (C=O) groups excluding carboxylic acids is 1. The van der Waals surface area contributed by atoms with E-state index in [1.807, 2.05) is 12.1 Å². The third-order valence-corrected chi connectivity index (χ3v) is 3.83. The molecule has 0 atom stereocenters. The average Bonchev–Trinajstić information content (AvgIpc) is 2.97. The Balaban J connectivity index is 1.48. The number of hydrazone groups is 1. The lowest BCUT2D eigenvalue weighted by Crippen LogP contribution is -2.32. The lowest BCUT2D eigenvalue weighted by Gasteiger charge is -2.12. The van der Waals surface area contributed by atoms with Gasteiger partial charge in [-0.2, -0.15) is 5.10 Å². The van der Waals surface area contributed by atoms with Crippen LogP contribution in [-0.2, 0) is 17.9 Å². The highest BCUT2D eigenvalue weighted by molar-refractivity contribution is 5.89. The fourth-order valence-corrected chi connectivity index (χ4v) is 2.64. The molecule has 0 bridgehead atoms. The number of hydrogen-bond acceptors (Lipinski definition) is 4. The number of fused-ring (bicyclic) bond motifs is 1. The zero-order valence-corrected chi connectivity index (χ0v) is 13.0. The molecule has 0 radical (unpaired) electrons. The zero-order chi connectivity index (χ0) is 16.9. The van der Waals surface area contributed by atoms with Gasteiger partial charge in [0.15, 0.2) is 0 Å². The van der Waals surface area contributed by atoms with E-state index in [1.54, 1.807) is 12.1 Å². The van der Waals surface area contributed by atoms with Gasteiger partial charge < -0.3 is 5.11 Å². The van der Waals surface area contributed by atoms with E-state index in [0.29, 0.717) is 5.56 Å². The quantitative estimate of drug-likeness (QED) is 0.650. The Morgan fingerprint density at radius 2 is 1.71 bits per heavy atom. The molecule has 0 saturated heterocycles. The minimum Gasteiger partial charge on any atom is -0.478 e. The van der Waals surface area contributed by atoms with Crippen LogP contribution in [0.3, 0.4) is 0 Å². The molecule has 1 aliphatic heterocycles. The monoisotopic (exact) mass is 323 g/mol. The summed E-state index contributed by atoms with van der Waals surface area (Å²) in [5, 5.41) is 12.7. The lowest BCUT2D eigenvalue weighted by molar-refractivity contribution is -0.122. The minimum absolute atomic E-state index is 0.179. The molecule has 1 heterocycles. The summed E-state index contributed by atoms with van der Waals surface area (Å²) in [4.78, 5) is 24.8. The fourth-order valence-electron chi connectivity index (χ4n) is 2.64. The number of carboxylic acid groups (broad SMARTS) is 1. The van der Waals surface area contributed by atoms with Gasteiger partial charge in [-0.05, 0) is 28.8 Å². The smallest absolute Gasteiger partial charge is 0.335 e. The number of nitrogens with zero attached hydrogens (tertiary/aromatic N) is 2. The molecule has 2 aromatic rings. The molecule has 0 aromatic heterocycles. The summed E-state index contributed by atoms with van der Waals surface area (Å²) in [6.07, 6.45) is 1.49. The molecule has 0 saturated carbocycles. The van der Waals surface area contributed by atoms with Gasteiger partial charge in [-0.25, -0.2) is 10.2 Å². The van der Waals surface area contributed by atoms with Crippen molar-refractivity contribution in [3.05, 3.63) is 70.8 Å². The van der Waals surface area contributed by atoms with Crippen LogP contribution >= 0.6 is 0 Å². The maximum atomic E-state index is 11.9. The van der Waals surface area contributed by atoms with Crippen molar-refractivity contribution in [2.24, 2.45) is 5.10 Å². The number of carboxylic acids is 1. The van der Waals surface area contributed by atoms with E-state index < -0.39 is 5.97 Å². The van der Waals surface area contributed by atoms with Gasteiger partial charge in [-0.3, -0.25) is 9.69 Å². The van der Waals surface area contributed by atoms with E-state index in [9.17, 15) is 9.59 Å². The molecule has 122 valence electrons. The van der Waals surface area contributed by atoms with Gasteiger partial charge in [0.1, 0.15) is 0 Å². The first-order valence-corrected chi connectivity index (χ1v) is 7.56. The largest absolute Gasteiger partial charge is 0.478 e. The minimum atomic E-state index is -0.974. The van der Waals surface area contributed by atoms with Crippen LogP contribution in [0, 0.1) is 0 Å². The number of aromatic carboxylic acids is 1. The SMILES string of the molecule is O=C(CN1Cc2ccccc2C1)N/N=C\c1ccc(C(=O)O)cc1. The van der Waals surface area contributed by atoms with Crippen molar-refractivity contribution in [1.29, 1.82) is 0 Å². The topological polar surface area (TPSA) is 82.0 Å². The Bertz CT molecular complexity index is 759. The number of nitrogens with one attached hydrogen (secondary N) is 1. The Hall–Kier alpha value is -2.99. The van der Waals surface area contributed by atoms with Crippen LogP contribution in [0.5, 0.6) is 0 Å². The van der Waals surface area contributed by atoms with Crippen molar-refractivity contribution in [1.82, 2.24) is 10.3 Å². The molecule has 0 spiro atoms. The van der Waals surface area contributed by atoms with Crippen molar-refractivity contribution >= 4 is 18.1 Å². The highest BCUT2D eigenvalue weighted by atomic mass is 16.4. The van der Waals surface area contributed by atoms with Gasteiger partial charge >= 0.3 is 5.97 Å². The Labute approximate surface area is 139 Å². The van der Waals surface area contributed by atoms with E-state index in [2.05, 4.69) is 27.6 Å². The van der Waals surface area contributed by atoms with Gasteiger partial charge in [0, 0.05) is 13.1 Å². The molecule has 6 heteroatoms. The third-order valence-electron chi connectivity index (χ3n) is 3.83. The summed E-state index contributed by atoms with van der Waals surface area (Å²) in [5.74, 6) is -1.15. The Morgan fingerprint density at radius 1 is 1.08 bits per heavy atom. The Kier molecular flexibility index (Phi) is 4.67. The van der Waals surface area contributed by atoms with Gasteiger partial charge in [0.05, 0.1) is 18.3 Å². The second-order valence-electron chi connectivity index (χ2n) is 5.63. The molecule has 2 aromatic carbocycles. The van der Waals surface area contributed by atoms with Crippen LogP contribution in [-0.4, -0.2) is 34.6 Å². The molecule has 1 aliphatic rings. The number of carbonyl (C=O) groups is 2. The molecule has 3 rings (SSSR count). The second kappa shape index (κ2) is 7.06. The summed E-state index contributed by atoms with van der Waals surface area (Å²) in [6.45, 7) is 1.82. The fraction of sp³-hybridized carbons (Fsp3) is 0.167. The summed E-state index contributed by atoms with van der Waals surface area (Å²) >= 11 is 0. The molecule has 2 N–H and O–H groups in total. The van der Waals surface area contributed by atoms with Crippen LogP contribution in [0.4, 0.5) is 0 Å². The first kappa shape index (κ1) is 15.9. The van der Waals surface area contributed by atoms with Crippen molar-refractivity contribution in [3.8, 4) is 0 Å². The number of benzene rings is 2. The van der Waals surface area contributed by atoms with Gasteiger partial charge in [0.25, 0.3) is 5.91 Å². The van der Waals surface area contributed by atoms with Crippen LogP contribution < -0.4 is 5.43 Å². The summed E-state index contributed by atoms with van der Waals surface area (Å²) in [6, 6.07) is 14.4. The molecule has 1 amide bonds. The van der Waals surface area contributed by atoms with Gasteiger partial charge in [-0.1, -0.05) is 36.4 Å². The number of amides is 1. The normalized spacial score (nSPS) is 13.8. The van der Waals surface area contributed by atoms with Crippen LogP contribution in [0.15, 0.2) is 53.6 Å².